The van der Waals surface area contributed by atoms with Gasteiger partial charge >= 0.3 is 0 Å². The van der Waals surface area contributed by atoms with Crippen molar-refractivity contribution in [1.29, 1.82) is 0 Å². The molecular formula is C18H19FN2O5. The molecule has 0 aromatic heterocycles. The number of ether oxygens (including phenoxy) is 4. The van der Waals surface area contributed by atoms with Crippen LogP contribution in [0.5, 0.6) is 23.0 Å². The average molecular weight is 362 g/mol. The van der Waals surface area contributed by atoms with E-state index in [1.807, 2.05) is 0 Å². The lowest BCUT2D eigenvalue weighted by molar-refractivity contribution is -0.123. The Morgan fingerprint density at radius 1 is 1.08 bits per heavy atom. The molecule has 0 bridgehead atoms. The van der Waals surface area contributed by atoms with Crippen molar-refractivity contribution in [3.05, 3.63) is 47.8 Å². The highest BCUT2D eigenvalue weighted by Crippen LogP contribution is 2.33. The molecule has 1 N–H and O–H groups in total. The third-order valence-corrected chi connectivity index (χ3v) is 3.29. The summed E-state index contributed by atoms with van der Waals surface area (Å²) in [6.07, 6.45) is 1.40. The van der Waals surface area contributed by atoms with Crippen LogP contribution in [0.2, 0.25) is 0 Å². The summed E-state index contributed by atoms with van der Waals surface area (Å²) in [4.78, 5) is 11.7. The fraction of sp³-hybridized carbons (Fsp3) is 0.222. The molecule has 2 aromatic carbocycles. The van der Waals surface area contributed by atoms with Crippen molar-refractivity contribution in [3.8, 4) is 23.0 Å². The monoisotopic (exact) mass is 362 g/mol. The van der Waals surface area contributed by atoms with Gasteiger partial charge in [-0.1, -0.05) is 6.07 Å². The van der Waals surface area contributed by atoms with Crippen molar-refractivity contribution in [1.82, 2.24) is 5.43 Å². The van der Waals surface area contributed by atoms with Gasteiger partial charge in [0.25, 0.3) is 5.91 Å². The molecule has 2 aromatic rings. The van der Waals surface area contributed by atoms with E-state index >= 15 is 0 Å². The molecule has 0 atom stereocenters. The number of hydrazone groups is 1. The maximum atomic E-state index is 13.0. The summed E-state index contributed by atoms with van der Waals surface area (Å²) in [5.74, 6) is 0.818. The molecule has 0 aliphatic carbocycles. The first kappa shape index (κ1) is 19.0. The van der Waals surface area contributed by atoms with Gasteiger partial charge in [0, 0.05) is 17.7 Å². The number of rotatable bonds is 8. The summed E-state index contributed by atoms with van der Waals surface area (Å²) in [6.45, 7) is -0.302. The standard InChI is InChI=1S/C18H19FN2O5/c1-23-15-9-17(25-3)16(24-2)7-12(15)10-20-21-18(22)11-26-14-6-4-5-13(19)8-14/h4-10H,11H2,1-3H3,(H,21,22)/b20-10-. The van der Waals surface area contributed by atoms with Crippen LogP contribution in [0.15, 0.2) is 41.5 Å². The van der Waals surface area contributed by atoms with Crippen LogP contribution in [0.1, 0.15) is 5.56 Å². The van der Waals surface area contributed by atoms with Gasteiger partial charge in [0.1, 0.15) is 17.3 Å². The zero-order chi connectivity index (χ0) is 18.9. The van der Waals surface area contributed by atoms with Gasteiger partial charge in [0.05, 0.1) is 27.5 Å². The lowest BCUT2D eigenvalue weighted by atomic mass is 10.2. The van der Waals surface area contributed by atoms with E-state index in [0.717, 1.165) is 0 Å². The number of amides is 1. The van der Waals surface area contributed by atoms with Gasteiger partial charge in [-0.05, 0) is 18.2 Å². The van der Waals surface area contributed by atoms with Gasteiger partial charge in [-0.3, -0.25) is 4.79 Å². The molecule has 2 rings (SSSR count). The molecule has 0 aliphatic rings. The highest BCUT2D eigenvalue weighted by atomic mass is 19.1. The quantitative estimate of drug-likeness (QED) is 0.576. The van der Waals surface area contributed by atoms with E-state index in [-0.39, 0.29) is 12.4 Å². The molecule has 0 saturated carbocycles. The summed E-state index contributed by atoms with van der Waals surface area (Å²) in [7, 11) is 4.53. The molecule has 138 valence electrons. The number of nitrogens with zero attached hydrogens (tertiary/aromatic N) is 1. The van der Waals surface area contributed by atoms with E-state index in [1.165, 1.54) is 45.7 Å². The third kappa shape index (κ3) is 5.10. The van der Waals surface area contributed by atoms with Gasteiger partial charge in [0.15, 0.2) is 18.1 Å². The van der Waals surface area contributed by atoms with E-state index in [0.29, 0.717) is 22.8 Å². The molecule has 8 heteroatoms. The van der Waals surface area contributed by atoms with Crippen LogP contribution in [0.3, 0.4) is 0 Å². The lowest BCUT2D eigenvalue weighted by Crippen LogP contribution is -2.24. The molecule has 0 saturated heterocycles. The Bertz CT molecular complexity index is 795. The number of benzene rings is 2. The second-order valence-electron chi connectivity index (χ2n) is 4.99. The smallest absolute Gasteiger partial charge is 0.277 e. The number of carbonyl (C=O) groups is 1. The lowest BCUT2D eigenvalue weighted by Gasteiger charge is -2.11. The Morgan fingerprint density at radius 2 is 1.77 bits per heavy atom. The van der Waals surface area contributed by atoms with Gasteiger partial charge < -0.3 is 18.9 Å². The molecular weight excluding hydrogens is 343 g/mol. The van der Waals surface area contributed by atoms with Crippen LogP contribution in [-0.4, -0.2) is 40.1 Å². The van der Waals surface area contributed by atoms with Gasteiger partial charge in [-0.25, -0.2) is 9.82 Å². The van der Waals surface area contributed by atoms with Gasteiger partial charge in [-0.2, -0.15) is 5.10 Å². The predicted octanol–water partition coefficient (Wildman–Crippen LogP) is 2.38. The molecule has 7 nitrogen and oxygen atoms in total. The minimum absolute atomic E-state index is 0.255. The first-order valence-corrected chi connectivity index (χ1v) is 7.57. The normalized spacial score (nSPS) is 10.5. The summed E-state index contributed by atoms with van der Waals surface area (Å²) in [5, 5.41) is 3.86. The van der Waals surface area contributed by atoms with E-state index in [4.69, 9.17) is 18.9 Å². The van der Waals surface area contributed by atoms with Gasteiger partial charge in [0.2, 0.25) is 0 Å². The summed E-state index contributed by atoms with van der Waals surface area (Å²) < 4.78 is 33.9. The zero-order valence-electron chi connectivity index (χ0n) is 14.6. The average Bonchev–Trinajstić information content (AvgIpc) is 2.66. The fourth-order valence-corrected chi connectivity index (χ4v) is 2.07. The highest BCUT2D eigenvalue weighted by molar-refractivity contribution is 5.86. The molecule has 0 unspecified atom stereocenters. The van der Waals surface area contributed by atoms with E-state index in [2.05, 4.69) is 10.5 Å². The Kier molecular flexibility index (Phi) is 6.78. The minimum atomic E-state index is -0.495. The maximum Gasteiger partial charge on any atom is 0.277 e. The first-order valence-electron chi connectivity index (χ1n) is 7.57. The highest BCUT2D eigenvalue weighted by Gasteiger charge is 2.10. The van der Waals surface area contributed by atoms with Crippen molar-refractivity contribution in [2.24, 2.45) is 5.10 Å². The first-order chi connectivity index (χ1) is 12.6. The number of hydrogen-bond acceptors (Lipinski definition) is 6. The number of methoxy groups -OCH3 is 3. The molecule has 0 fully saturated rings. The minimum Gasteiger partial charge on any atom is -0.496 e. The molecule has 0 radical (unpaired) electrons. The summed E-state index contributed by atoms with van der Waals surface area (Å²) in [5.41, 5.74) is 2.90. The van der Waals surface area contributed by atoms with E-state index in [9.17, 15) is 9.18 Å². The number of nitrogens with one attached hydrogen (secondary N) is 1. The van der Waals surface area contributed by atoms with E-state index < -0.39 is 11.7 Å². The summed E-state index contributed by atoms with van der Waals surface area (Å²) >= 11 is 0. The largest absolute Gasteiger partial charge is 0.496 e. The Hall–Kier alpha value is -3.29. The van der Waals surface area contributed by atoms with Crippen molar-refractivity contribution in [3.63, 3.8) is 0 Å². The SMILES string of the molecule is COc1cc(OC)c(OC)cc1/C=N\NC(=O)COc1cccc(F)c1. The van der Waals surface area contributed by atoms with Crippen LogP contribution >= 0.6 is 0 Å². The molecule has 1 amide bonds. The van der Waals surface area contributed by atoms with E-state index in [1.54, 1.807) is 18.2 Å². The molecule has 0 aliphatic heterocycles. The molecule has 0 spiro atoms. The number of carbonyl (C=O) groups excluding carboxylic acids is 1. The second-order valence-corrected chi connectivity index (χ2v) is 4.99. The maximum absolute atomic E-state index is 13.0. The van der Waals surface area contributed by atoms with Crippen LogP contribution in [0, 0.1) is 5.82 Å². The molecule has 26 heavy (non-hydrogen) atoms. The Morgan fingerprint density at radius 3 is 2.42 bits per heavy atom. The topological polar surface area (TPSA) is 78.4 Å². The number of hydrogen-bond donors (Lipinski definition) is 1. The van der Waals surface area contributed by atoms with Crippen molar-refractivity contribution in [2.45, 2.75) is 0 Å². The Balaban J connectivity index is 1.97. The second kappa shape index (κ2) is 9.26. The Labute approximate surface area is 150 Å². The number of halogens is 1. The van der Waals surface area contributed by atoms with Crippen molar-refractivity contribution in [2.75, 3.05) is 27.9 Å². The van der Waals surface area contributed by atoms with Crippen LogP contribution in [0.4, 0.5) is 4.39 Å². The third-order valence-electron chi connectivity index (χ3n) is 3.29. The van der Waals surface area contributed by atoms with Crippen LogP contribution < -0.4 is 24.4 Å². The van der Waals surface area contributed by atoms with Gasteiger partial charge in [-0.15, -0.1) is 0 Å². The van der Waals surface area contributed by atoms with Crippen molar-refractivity contribution >= 4 is 12.1 Å². The zero-order valence-corrected chi connectivity index (χ0v) is 14.6. The van der Waals surface area contributed by atoms with Crippen LogP contribution in [-0.2, 0) is 4.79 Å². The predicted molar refractivity (Wildman–Crippen MR) is 93.7 cm³/mol. The summed E-state index contributed by atoms with van der Waals surface area (Å²) in [6, 6.07) is 8.82. The molecule has 0 heterocycles. The van der Waals surface area contributed by atoms with Crippen LogP contribution in [0.25, 0.3) is 0 Å². The fourth-order valence-electron chi connectivity index (χ4n) is 2.07. The van der Waals surface area contributed by atoms with Crippen molar-refractivity contribution < 1.29 is 28.1 Å².